The van der Waals surface area contributed by atoms with Crippen molar-refractivity contribution in [3.05, 3.63) is 33.9 Å². The van der Waals surface area contributed by atoms with Gasteiger partial charge in [0.15, 0.2) is 0 Å². The molecule has 0 saturated carbocycles. The van der Waals surface area contributed by atoms with Crippen LogP contribution in [0.1, 0.15) is 43.5 Å². The van der Waals surface area contributed by atoms with Crippen LogP contribution in [0.4, 0.5) is 11.4 Å². The number of benzene rings is 1. The van der Waals surface area contributed by atoms with Gasteiger partial charge in [-0.3, -0.25) is 14.9 Å². The van der Waals surface area contributed by atoms with Crippen molar-refractivity contribution in [2.75, 3.05) is 5.32 Å². The molecule has 104 valence electrons. The van der Waals surface area contributed by atoms with Crippen LogP contribution in [0, 0.1) is 10.1 Å². The average Bonchev–Trinajstić information content (AvgIpc) is 2.37. The highest BCUT2D eigenvalue weighted by Gasteiger charge is 2.18. The van der Waals surface area contributed by atoms with E-state index in [1.165, 1.54) is 18.2 Å². The molecule has 1 unspecified atom stereocenters. The van der Waals surface area contributed by atoms with Gasteiger partial charge in [0.1, 0.15) is 5.69 Å². The molecule has 0 aliphatic carbocycles. The largest absolute Gasteiger partial charge is 0.377 e. The average molecular weight is 265 g/mol. The second-order valence-electron chi connectivity index (χ2n) is 4.39. The monoisotopic (exact) mass is 265 g/mol. The predicted molar refractivity (Wildman–Crippen MR) is 74.2 cm³/mol. The Kier molecular flexibility index (Phi) is 5.29. The maximum atomic E-state index is 11.0. The zero-order chi connectivity index (χ0) is 14.4. The number of nitrogens with zero attached hydrogens (tertiary/aromatic N) is 1. The molecule has 0 heterocycles. The third kappa shape index (κ3) is 3.94. The highest BCUT2D eigenvalue weighted by molar-refractivity contribution is 5.94. The number of amides is 1. The number of hydrogen-bond donors (Lipinski definition) is 2. The number of primary amides is 1. The lowest BCUT2D eigenvalue weighted by Crippen LogP contribution is -2.19. The first kappa shape index (κ1) is 14.9. The van der Waals surface area contributed by atoms with Gasteiger partial charge in [0.05, 0.1) is 4.92 Å². The van der Waals surface area contributed by atoms with E-state index in [1.54, 1.807) is 0 Å². The quantitative estimate of drug-likeness (QED) is 0.585. The number of nitro benzene ring substituents is 1. The van der Waals surface area contributed by atoms with Gasteiger partial charge in [-0.05, 0) is 25.0 Å². The normalized spacial score (nSPS) is 11.9. The molecule has 0 aliphatic rings. The first-order valence-electron chi connectivity index (χ1n) is 6.34. The second kappa shape index (κ2) is 6.72. The fourth-order valence-corrected chi connectivity index (χ4v) is 1.90. The number of nitrogens with two attached hydrogens (primary N) is 1. The van der Waals surface area contributed by atoms with Gasteiger partial charge in [0, 0.05) is 17.7 Å². The number of carbonyl (C=O) groups excluding carboxylic acids is 1. The van der Waals surface area contributed by atoms with Crippen LogP contribution in [-0.4, -0.2) is 16.9 Å². The summed E-state index contributed by atoms with van der Waals surface area (Å²) >= 11 is 0. The molecule has 6 nitrogen and oxygen atoms in total. The summed E-state index contributed by atoms with van der Waals surface area (Å²) in [6.45, 7) is 4.09. The minimum atomic E-state index is -0.671. The van der Waals surface area contributed by atoms with Crippen LogP contribution in [0.25, 0.3) is 0 Å². The van der Waals surface area contributed by atoms with E-state index in [-0.39, 0.29) is 17.3 Å². The molecular formula is C13H19N3O3. The highest BCUT2D eigenvalue weighted by Crippen LogP contribution is 2.27. The molecular weight excluding hydrogens is 246 g/mol. The Hall–Kier alpha value is -2.11. The highest BCUT2D eigenvalue weighted by atomic mass is 16.6. The Labute approximate surface area is 112 Å². The number of rotatable bonds is 7. The van der Waals surface area contributed by atoms with E-state index in [0.29, 0.717) is 5.69 Å². The number of anilines is 1. The van der Waals surface area contributed by atoms with Gasteiger partial charge in [-0.2, -0.15) is 0 Å². The predicted octanol–water partition coefficient (Wildman–Crippen LogP) is 2.68. The van der Waals surface area contributed by atoms with Gasteiger partial charge in [0.25, 0.3) is 5.69 Å². The molecule has 1 aromatic rings. The van der Waals surface area contributed by atoms with Crippen molar-refractivity contribution < 1.29 is 9.72 Å². The van der Waals surface area contributed by atoms with Crippen LogP contribution >= 0.6 is 0 Å². The molecule has 0 fully saturated rings. The van der Waals surface area contributed by atoms with Crippen molar-refractivity contribution >= 4 is 17.3 Å². The summed E-state index contributed by atoms with van der Waals surface area (Å²) in [5, 5.41) is 14.2. The Bertz CT molecular complexity index is 474. The third-order valence-electron chi connectivity index (χ3n) is 2.97. The van der Waals surface area contributed by atoms with E-state index in [2.05, 4.69) is 12.2 Å². The molecule has 1 amide bonds. The first-order chi connectivity index (χ1) is 8.99. The smallest absolute Gasteiger partial charge is 0.293 e. The Morgan fingerprint density at radius 3 is 2.63 bits per heavy atom. The zero-order valence-electron chi connectivity index (χ0n) is 11.2. The van der Waals surface area contributed by atoms with E-state index < -0.39 is 10.8 Å². The Morgan fingerprint density at radius 1 is 1.47 bits per heavy atom. The molecule has 1 rings (SSSR count). The van der Waals surface area contributed by atoms with Crippen molar-refractivity contribution in [1.29, 1.82) is 0 Å². The van der Waals surface area contributed by atoms with Gasteiger partial charge in [-0.1, -0.05) is 20.3 Å². The molecule has 0 spiro atoms. The molecule has 0 aliphatic heterocycles. The molecule has 1 atom stereocenters. The van der Waals surface area contributed by atoms with Crippen LogP contribution in [0.2, 0.25) is 0 Å². The van der Waals surface area contributed by atoms with Crippen molar-refractivity contribution in [2.45, 2.75) is 39.2 Å². The van der Waals surface area contributed by atoms with Gasteiger partial charge >= 0.3 is 0 Å². The number of carbonyl (C=O) groups is 1. The summed E-state index contributed by atoms with van der Waals surface area (Å²) in [6, 6.07) is 4.43. The summed E-state index contributed by atoms with van der Waals surface area (Å²) in [7, 11) is 0. The van der Waals surface area contributed by atoms with E-state index in [1.807, 2.05) is 6.92 Å². The Balaban J connectivity index is 3.06. The molecule has 1 aromatic carbocycles. The summed E-state index contributed by atoms with van der Waals surface area (Å²) in [4.78, 5) is 21.6. The summed E-state index contributed by atoms with van der Waals surface area (Å²) < 4.78 is 0. The minimum Gasteiger partial charge on any atom is -0.377 e. The van der Waals surface area contributed by atoms with Crippen molar-refractivity contribution in [2.24, 2.45) is 5.73 Å². The lowest BCUT2D eigenvalue weighted by Gasteiger charge is -2.17. The van der Waals surface area contributed by atoms with Crippen molar-refractivity contribution in [3.63, 3.8) is 0 Å². The van der Waals surface area contributed by atoms with E-state index in [4.69, 9.17) is 5.73 Å². The fourth-order valence-electron chi connectivity index (χ4n) is 1.90. The van der Waals surface area contributed by atoms with Crippen LogP contribution in [0.3, 0.4) is 0 Å². The van der Waals surface area contributed by atoms with Crippen LogP contribution in [0.15, 0.2) is 18.2 Å². The fraction of sp³-hybridized carbons (Fsp3) is 0.462. The van der Waals surface area contributed by atoms with Crippen LogP contribution < -0.4 is 11.1 Å². The molecule has 3 N–H and O–H groups in total. The maximum Gasteiger partial charge on any atom is 0.293 e. The van der Waals surface area contributed by atoms with Gasteiger partial charge in [-0.15, -0.1) is 0 Å². The van der Waals surface area contributed by atoms with Crippen LogP contribution in [-0.2, 0) is 0 Å². The van der Waals surface area contributed by atoms with Gasteiger partial charge in [0.2, 0.25) is 5.91 Å². The van der Waals surface area contributed by atoms with Gasteiger partial charge in [-0.25, -0.2) is 0 Å². The number of nitrogens with one attached hydrogen (secondary N) is 1. The van der Waals surface area contributed by atoms with Crippen molar-refractivity contribution in [3.8, 4) is 0 Å². The SMILES string of the molecule is CCCC(CC)Nc1ccc(C(N)=O)cc1[N+](=O)[O-]. The van der Waals surface area contributed by atoms with E-state index in [0.717, 1.165) is 19.3 Å². The Morgan fingerprint density at radius 2 is 2.16 bits per heavy atom. The first-order valence-corrected chi connectivity index (χ1v) is 6.34. The second-order valence-corrected chi connectivity index (χ2v) is 4.39. The van der Waals surface area contributed by atoms with Gasteiger partial charge < -0.3 is 11.1 Å². The molecule has 0 saturated heterocycles. The molecule has 19 heavy (non-hydrogen) atoms. The molecule has 6 heteroatoms. The maximum absolute atomic E-state index is 11.0. The summed E-state index contributed by atoms with van der Waals surface area (Å²) in [5.74, 6) is -0.671. The van der Waals surface area contributed by atoms with E-state index >= 15 is 0 Å². The number of hydrogen-bond acceptors (Lipinski definition) is 4. The summed E-state index contributed by atoms with van der Waals surface area (Å²) in [5.41, 5.74) is 5.57. The van der Waals surface area contributed by atoms with E-state index in [9.17, 15) is 14.9 Å². The topological polar surface area (TPSA) is 98.3 Å². The number of nitro groups is 1. The lowest BCUT2D eigenvalue weighted by molar-refractivity contribution is -0.384. The molecule has 0 radical (unpaired) electrons. The summed E-state index contributed by atoms with van der Waals surface area (Å²) in [6.07, 6.45) is 2.81. The molecule has 0 bridgehead atoms. The van der Waals surface area contributed by atoms with Crippen LogP contribution in [0.5, 0.6) is 0 Å². The lowest BCUT2D eigenvalue weighted by atomic mass is 10.1. The van der Waals surface area contributed by atoms with Crippen molar-refractivity contribution in [1.82, 2.24) is 0 Å². The molecule has 0 aromatic heterocycles. The standard InChI is InChI=1S/C13H19N3O3/c1-3-5-10(4-2)15-11-7-6-9(13(14)17)8-12(11)16(18)19/h6-8,10,15H,3-5H2,1-2H3,(H2,14,17). The third-order valence-corrected chi connectivity index (χ3v) is 2.97. The minimum absolute atomic E-state index is 0.120. The zero-order valence-corrected chi connectivity index (χ0v) is 11.2.